The molecule has 2 aliphatic carbocycles. The second-order valence-corrected chi connectivity index (χ2v) is 3.89. The Morgan fingerprint density at radius 3 is 3.18 bits per heavy atom. The number of aromatic nitrogens is 1. The van der Waals surface area contributed by atoms with Crippen molar-refractivity contribution in [3.63, 3.8) is 0 Å². The van der Waals surface area contributed by atoms with E-state index in [4.69, 9.17) is 4.74 Å². The van der Waals surface area contributed by atoms with Crippen LogP contribution in [0.15, 0.2) is 6.20 Å². The summed E-state index contributed by atoms with van der Waals surface area (Å²) in [6, 6.07) is 0. The Morgan fingerprint density at radius 1 is 1.45 bits per heavy atom. The summed E-state index contributed by atoms with van der Waals surface area (Å²) in [4.78, 5) is 0. The number of hydrogen-bond donors (Lipinski definition) is 0. The smallest absolute Gasteiger partial charge is 0.123 e. The van der Waals surface area contributed by atoms with Crippen LogP contribution < -0.4 is 0 Å². The number of fused-ring (bicyclic) bond motifs is 5. The molecular weight excluding hydrogens is 138 g/mol. The molecule has 1 saturated carbocycles. The zero-order valence-electron chi connectivity index (χ0n) is 6.26. The molecule has 0 radical (unpaired) electrons. The molecule has 0 bridgehead atoms. The van der Waals surface area contributed by atoms with Gasteiger partial charge in [0.05, 0.1) is 12.3 Å². The minimum absolute atomic E-state index is 0.625. The lowest BCUT2D eigenvalue weighted by atomic mass is 10.2. The average Bonchev–Trinajstić information content (AvgIpc) is 2.76. The van der Waals surface area contributed by atoms with Gasteiger partial charge in [0, 0.05) is 11.6 Å². The minimum Gasteiger partial charge on any atom is -0.355 e. The predicted octanol–water partition coefficient (Wildman–Crippen LogP) is 1.37. The van der Waals surface area contributed by atoms with Gasteiger partial charge >= 0.3 is 0 Å². The molecule has 3 aliphatic rings. The van der Waals surface area contributed by atoms with E-state index in [-0.39, 0.29) is 0 Å². The van der Waals surface area contributed by atoms with Crippen LogP contribution in [0.1, 0.15) is 29.7 Å². The number of ether oxygens (including phenoxy) is 1. The van der Waals surface area contributed by atoms with Crippen molar-refractivity contribution in [2.24, 2.45) is 0 Å². The topological polar surface area (TPSA) is 14.2 Å². The summed E-state index contributed by atoms with van der Waals surface area (Å²) in [5, 5.41) is 0. The molecule has 1 spiro atoms. The maximum atomic E-state index is 5.35. The van der Waals surface area contributed by atoms with E-state index in [1.165, 1.54) is 18.5 Å². The van der Waals surface area contributed by atoms with Gasteiger partial charge in [0.2, 0.25) is 0 Å². The summed E-state index contributed by atoms with van der Waals surface area (Å²) < 4.78 is 7.61. The zero-order chi connectivity index (χ0) is 7.05. The van der Waals surface area contributed by atoms with Gasteiger partial charge in [-0.3, -0.25) is 0 Å². The highest BCUT2D eigenvalue weighted by Gasteiger charge is 2.63. The van der Waals surface area contributed by atoms with Gasteiger partial charge in [-0.25, -0.2) is 0 Å². The van der Waals surface area contributed by atoms with Crippen LogP contribution in [-0.4, -0.2) is 4.57 Å². The number of nitrogens with zero attached hydrogens (tertiary/aromatic N) is 1. The van der Waals surface area contributed by atoms with Crippen molar-refractivity contribution < 1.29 is 4.74 Å². The summed E-state index contributed by atoms with van der Waals surface area (Å²) in [7, 11) is 0. The minimum atomic E-state index is 0.625. The number of rotatable bonds is 0. The van der Waals surface area contributed by atoms with Gasteiger partial charge < -0.3 is 9.30 Å². The van der Waals surface area contributed by atoms with E-state index in [1.807, 2.05) is 0 Å². The van der Waals surface area contributed by atoms with E-state index >= 15 is 0 Å². The highest BCUT2D eigenvalue weighted by atomic mass is 16.5. The Hall–Kier alpha value is -0.760. The Bertz CT molecular complexity index is 360. The van der Waals surface area contributed by atoms with Gasteiger partial charge in [0.25, 0.3) is 0 Å². The summed E-state index contributed by atoms with van der Waals surface area (Å²) in [6.45, 7) is 1.65. The van der Waals surface area contributed by atoms with Crippen LogP contribution in [0.25, 0.3) is 0 Å². The SMILES string of the molecule is c1c2c(c3n1COC3)C21CC1. The number of hydrogen-bond acceptors (Lipinski definition) is 1. The maximum absolute atomic E-state index is 5.35. The van der Waals surface area contributed by atoms with E-state index in [0.717, 1.165) is 13.3 Å². The first-order valence-corrected chi connectivity index (χ1v) is 4.22. The third-order valence-electron chi connectivity index (χ3n) is 3.34. The average molecular weight is 147 g/mol. The Labute approximate surface area is 64.8 Å². The lowest BCUT2D eigenvalue weighted by Gasteiger charge is -1.96. The van der Waals surface area contributed by atoms with Crippen LogP contribution in [0.3, 0.4) is 0 Å². The Balaban J connectivity index is 2.01. The molecule has 0 amide bonds. The highest BCUT2D eigenvalue weighted by molar-refractivity contribution is 5.67. The van der Waals surface area contributed by atoms with Gasteiger partial charge in [0.15, 0.2) is 0 Å². The van der Waals surface area contributed by atoms with E-state index in [1.54, 1.807) is 11.1 Å². The van der Waals surface area contributed by atoms with Crippen LogP contribution in [-0.2, 0) is 23.5 Å². The first kappa shape index (κ1) is 4.99. The Morgan fingerprint density at radius 2 is 2.36 bits per heavy atom. The van der Waals surface area contributed by atoms with Crippen LogP contribution >= 0.6 is 0 Å². The molecular formula is C9H9NO. The summed E-state index contributed by atoms with van der Waals surface area (Å²) >= 11 is 0. The zero-order valence-corrected chi connectivity index (χ0v) is 6.26. The molecule has 0 atom stereocenters. The van der Waals surface area contributed by atoms with Gasteiger partial charge in [-0.1, -0.05) is 0 Å². The fraction of sp³-hybridized carbons (Fsp3) is 0.556. The molecule has 0 unspecified atom stereocenters. The molecule has 1 fully saturated rings. The molecule has 4 rings (SSSR count). The molecule has 1 aromatic heterocycles. The van der Waals surface area contributed by atoms with Gasteiger partial charge in [0.1, 0.15) is 6.73 Å². The molecule has 2 nitrogen and oxygen atoms in total. The van der Waals surface area contributed by atoms with Crippen LogP contribution in [0, 0.1) is 0 Å². The van der Waals surface area contributed by atoms with E-state index in [2.05, 4.69) is 10.8 Å². The van der Waals surface area contributed by atoms with E-state index in [9.17, 15) is 0 Å². The second-order valence-electron chi connectivity index (χ2n) is 3.89. The van der Waals surface area contributed by atoms with Crippen molar-refractivity contribution in [3.8, 4) is 0 Å². The molecule has 2 heterocycles. The first-order valence-electron chi connectivity index (χ1n) is 4.22. The summed E-state index contributed by atoms with van der Waals surface area (Å²) in [5.74, 6) is 0. The molecule has 1 aromatic rings. The van der Waals surface area contributed by atoms with Crippen molar-refractivity contribution in [1.82, 2.24) is 4.57 Å². The molecule has 56 valence electrons. The second kappa shape index (κ2) is 1.16. The van der Waals surface area contributed by atoms with Crippen LogP contribution in [0.2, 0.25) is 0 Å². The molecule has 11 heavy (non-hydrogen) atoms. The third-order valence-corrected chi connectivity index (χ3v) is 3.34. The van der Waals surface area contributed by atoms with Crippen molar-refractivity contribution in [2.45, 2.75) is 31.6 Å². The van der Waals surface area contributed by atoms with Crippen molar-refractivity contribution >= 4 is 0 Å². The van der Waals surface area contributed by atoms with Crippen molar-refractivity contribution in [2.75, 3.05) is 0 Å². The quantitative estimate of drug-likeness (QED) is 0.540. The third kappa shape index (κ3) is 0.369. The lowest BCUT2D eigenvalue weighted by molar-refractivity contribution is 0.109. The van der Waals surface area contributed by atoms with Gasteiger partial charge in [-0.15, -0.1) is 0 Å². The normalized spacial score (nSPS) is 26.9. The monoisotopic (exact) mass is 147 g/mol. The summed E-state index contributed by atoms with van der Waals surface area (Å²) in [5.41, 5.74) is 5.38. The van der Waals surface area contributed by atoms with Gasteiger partial charge in [-0.2, -0.15) is 0 Å². The van der Waals surface area contributed by atoms with Crippen LogP contribution in [0.5, 0.6) is 0 Å². The first-order chi connectivity index (χ1) is 5.42. The predicted molar refractivity (Wildman–Crippen MR) is 39.2 cm³/mol. The molecule has 0 N–H and O–H groups in total. The standard InChI is InChI=1S/C9H9NO/c1-2-9(1)6-3-10-5-11-4-7(10)8(6)9/h3H,1-2,4-5H2. The van der Waals surface area contributed by atoms with Gasteiger partial charge in [-0.05, 0) is 24.0 Å². The van der Waals surface area contributed by atoms with Crippen molar-refractivity contribution in [3.05, 3.63) is 23.0 Å². The molecule has 0 aromatic carbocycles. The fourth-order valence-electron chi connectivity index (χ4n) is 2.53. The Kier molecular flexibility index (Phi) is 0.527. The fourth-order valence-corrected chi connectivity index (χ4v) is 2.53. The largest absolute Gasteiger partial charge is 0.355 e. The molecule has 2 heteroatoms. The maximum Gasteiger partial charge on any atom is 0.123 e. The van der Waals surface area contributed by atoms with Crippen LogP contribution in [0.4, 0.5) is 0 Å². The molecule has 0 saturated heterocycles. The van der Waals surface area contributed by atoms with Crippen molar-refractivity contribution in [1.29, 1.82) is 0 Å². The highest BCUT2D eigenvalue weighted by Crippen LogP contribution is 2.69. The summed E-state index contributed by atoms with van der Waals surface area (Å²) in [6.07, 6.45) is 5.11. The molecule has 1 aliphatic heterocycles. The van der Waals surface area contributed by atoms with E-state index in [0.29, 0.717) is 5.41 Å². The lowest BCUT2D eigenvalue weighted by Crippen LogP contribution is -1.95. The van der Waals surface area contributed by atoms with E-state index < -0.39 is 0 Å².